The number of ether oxygens (including phenoxy) is 1. The molecule has 2 heterocycles. The van der Waals surface area contributed by atoms with Gasteiger partial charge < -0.3 is 4.74 Å². The second kappa shape index (κ2) is 6.48. The van der Waals surface area contributed by atoms with Crippen LogP contribution in [0.25, 0.3) is 10.2 Å². The van der Waals surface area contributed by atoms with Gasteiger partial charge in [0.15, 0.2) is 0 Å². The molecule has 22 heavy (non-hydrogen) atoms. The number of thiophene rings is 1. The van der Waals surface area contributed by atoms with E-state index in [0.717, 1.165) is 16.6 Å². The standard InChI is InChI=1S/C15H20N2O4S/c1-5-21-11(18)7-17-14-12(13(19)16(4)15(17)20)10(8-22-14)6-9(2)3/h8-9H,5-7H2,1-4H3. The average Bonchev–Trinajstić information content (AvgIpc) is 2.84. The Balaban J connectivity index is 2.66. The zero-order valence-corrected chi connectivity index (χ0v) is 14.0. The minimum Gasteiger partial charge on any atom is -0.465 e. The van der Waals surface area contributed by atoms with Crippen molar-refractivity contribution in [2.24, 2.45) is 13.0 Å². The molecule has 0 aliphatic rings. The molecule has 7 heteroatoms. The summed E-state index contributed by atoms with van der Waals surface area (Å²) in [6.45, 7) is 5.93. The van der Waals surface area contributed by atoms with Crippen molar-refractivity contribution in [1.82, 2.24) is 9.13 Å². The van der Waals surface area contributed by atoms with E-state index in [9.17, 15) is 14.4 Å². The van der Waals surface area contributed by atoms with Crippen LogP contribution in [0.2, 0.25) is 0 Å². The van der Waals surface area contributed by atoms with E-state index in [4.69, 9.17) is 4.74 Å². The van der Waals surface area contributed by atoms with Crippen molar-refractivity contribution in [3.63, 3.8) is 0 Å². The van der Waals surface area contributed by atoms with Gasteiger partial charge in [0.1, 0.15) is 11.4 Å². The largest absolute Gasteiger partial charge is 0.465 e. The quantitative estimate of drug-likeness (QED) is 0.782. The number of rotatable bonds is 5. The fraction of sp³-hybridized carbons (Fsp3) is 0.533. The van der Waals surface area contributed by atoms with Crippen molar-refractivity contribution in [3.8, 4) is 0 Å². The highest BCUT2D eigenvalue weighted by molar-refractivity contribution is 7.17. The summed E-state index contributed by atoms with van der Waals surface area (Å²) in [5, 5.41) is 2.43. The normalized spacial score (nSPS) is 11.3. The molecule has 0 aliphatic carbocycles. The van der Waals surface area contributed by atoms with Gasteiger partial charge in [0.25, 0.3) is 5.56 Å². The van der Waals surface area contributed by atoms with E-state index < -0.39 is 11.7 Å². The SMILES string of the molecule is CCOC(=O)Cn1c(=O)n(C)c(=O)c2c(CC(C)C)csc21. The third-order valence-corrected chi connectivity index (χ3v) is 4.40. The van der Waals surface area contributed by atoms with E-state index in [1.54, 1.807) is 6.92 Å². The highest BCUT2D eigenvalue weighted by atomic mass is 32.1. The summed E-state index contributed by atoms with van der Waals surface area (Å²) in [5.74, 6) is -0.0868. The topological polar surface area (TPSA) is 70.3 Å². The molecule has 0 spiro atoms. The smallest absolute Gasteiger partial charge is 0.332 e. The van der Waals surface area contributed by atoms with Crippen LogP contribution in [0.3, 0.4) is 0 Å². The lowest BCUT2D eigenvalue weighted by atomic mass is 10.0. The number of aromatic nitrogens is 2. The van der Waals surface area contributed by atoms with Crippen LogP contribution in [0.4, 0.5) is 0 Å². The van der Waals surface area contributed by atoms with E-state index in [-0.39, 0.29) is 18.7 Å². The Morgan fingerprint density at radius 3 is 2.64 bits per heavy atom. The number of carbonyl (C=O) groups is 1. The van der Waals surface area contributed by atoms with Gasteiger partial charge in [-0.05, 0) is 30.2 Å². The summed E-state index contributed by atoms with van der Waals surface area (Å²) in [7, 11) is 1.43. The first-order chi connectivity index (χ1) is 10.4. The summed E-state index contributed by atoms with van der Waals surface area (Å²) >= 11 is 1.32. The molecule has 2 rings (SSSR count). The number of esters is 1. The summed E-state index contributed by atoms with van der Waals surface area (Å²) in [5.41, 5.74) is 0.119. The molecule has 0 saturated heterocycles. The fourth-order valence-corrected chi connectivity index (χ4v) is 3.47. The maximum absolute atomic E-state index is 12.4. The Labute approximate surface area is 131 Å². The third-order valence-electron chi connectivity index (χ3n) is 3.35. The summed E-state index contributed by atoms with van der Waals surface area (Å²) in [6.07, 6.45) is 0.757. The molecular weight excluding hydrogens is 304 g/mol. The highest BCUT2D eigenvalue weighted by Gasteiger charge is 2.18. The van der Waals surface area contributed by atoms with E-state index in [2.05, 4.69) is 13.8 Å². The summed E-state index contributed by atoms with van der Waals surface area (Å²) in [4.78, 5) is 37.0. The first kappa shape index (κ1) is 16.5. The molecule has 0 aromatic carbocycles. The van der Waals surface area contributed by atoms with Crippen molar-refractivity contribution in [1.29, 1.82) is 0 Å². The molecule has 2 aromatic heterocycles. The zero-order valence-electron chi connectivity index (χ0n) is 13.2. The predicted octanol–water partition coefficient (Wildman–Crippen LogP) is 1.52. The van der Waals surface area contributed by atoms with Crippen molar-refractivity contribution in [2.75, 3.05) is 6.61 Å². The number of nitrogens with zero attached hydrogens (tertiary/aromatic N) is 2. The molecule has 6 nitrogen and oxygen atoms in total. The molecule has 2 aromatic rings. The van der Waals surface area contributed by atoms with Gasteiger partial charge in [0, 0.05) is 7.05 Å². The minimum atomic E-state index is -0.497. The second-order valence-corrected chi connectivity index (χ2v) is 6.44. The molecule has 0 bridgehead atoms. The van der Waals surface area contributed by atoms with E-state index in [0.29, 0.717) is 16.1 Å². The van der Waals surface area contributed by atoms with Crippen LogP contribution < -0.4 is 11.2 Å². The van der Waals surface area contributed by atoms with Crippen LogP contribution in [0.1, 0.15) is 26.3 Å². The second-order valence-electron chi connectivity index (χ2n) is 5.58. The Kier molecular flexibility index (Phi) is 4.85. The maximum Gasteiger partial charge on any atom is 0.332 e. The Bertz CT molecular complexity index is 813. The average molecular weight is 324 g/mol. The molecular formula is C15H20N2O4S. The van der Waals surface area contributed by atoms with Gasteiger partial charge in [-0.15, -0.1) is 11.3 Å². The predicted molar refractivity (Wildman–Crippen MR) is 86.5 cm³/mol. The Morgan fingerprint density at radius 2 is 2.05 bits per heavy atom. The van der Waals surface area contributed by atoms with Crippen molar-refractivity contribution in [2.45, 2.75) is 33.7 Å². The van der Waals surface area contributed by atoms with Gasteiger partial charge in [0.05, 0.1) is 12.0 Å². The molecule has 0 saturated carbocycles. The van der Waals surface area contributed by atoms with E-state index in [1.807, 2.05) is 5.38 Å². The Morgan fingerprint density at radius 1 is 1.36 bits per heavy atom. The first-order valence-corrected chi connectivity index (χ1v) is 8.10. The van der Waals surface area contributed by atoms with Gasteiger partial charge in [-0.2, -0.15) is 0 Å². The third kappa shape index (κ3) is 2.99. The highest BCUT2D eigenvalue weighted by Crippen LogP contribution is 2.24. The van der Waals surface area contributed by atoms with Crippen molar-refractivity contribution in [3.05, 3.63) is 31.8 Å². The lowest BCUT2D eigenvalue weighted by molar-refractivity contribution is -0.143. The number of hydrogen-bond acceptors (Lipinski definition) is 5. The maximum atomic E-state index is 12.4. The molecule has 0 radical (unpaired) electrons. The van der Waals surface area contributed by atoms with Crippen LogP contribution in [0.5, 0.6) is 0 Å². The molecule has 0 N–H and O–H groups in total. The molecule has 0 atom stereocenters. The van der Waals surface area contributed by atoms with Gasteiger partial charge in [-0.1, -0.05) is 13.8 Å². The van der Waals surface area contributed by atoms with Crippen LogP contribution in [-0.2, 0) is 29.5 Å². The van der Waals surface area contributed by atoms with Gasteiger partial charge in [-0.3, -0.25) is 18.7 Å². The summed E-state index contributed by atoms with van der Waals surface area (Å²) in [6, 6.07) is 0. The van der Waals surface area contributed by atoms with Gasteiger partial charge >= 0.3 is 11.7 Å². The van der Waals surface area contributed by atoms with Crippen molar-refractivity contribution >= 4 is 27.5 Å². The van der Waals surface area contributed by atoms with Crippen molar-refractivity contribution < 1.29 is 9.53 Å². The number of fused-ring (bicyclic) bond motifs is 1. The Hall–Kier alpha value is -1.89. The monoisotopic (exact) mass is 324 g/mol. The van der Waals surface area contributed by atoms with Crippen LogP contribution >= 0.6 is 11.3 Å². The fourth-order valence-electron chi connectivity index (χ4n) is 2.40. The number of hydrogen-bond donors (Lipinski definition) is 0. The van der Waals surface area contributed by atoms with E-state index in [1.165, 1.54) is 23.0 Å². The molecule has 120 valence electrons. The molecule has 0 unspecified atom stereocenters. The minimum absolute atomic E-state index is 0.182. The van der Waals surface area contributed by atoms with Gasteiger partial charge in [0.2, 0.25) is 0 Å². The van der Waals surface area contributed by atoms with E-state index >= 15 is 0 Å². The molecule has 0 fully saturated rings. The number of carbonyl (C=O) groups excluding carboxylic acids is 1. The molecule has 0 amide bonds. The van der Waals surface area contributed by atoms with Crippen LogP contribution in [-0.4, -0.2) is 21.7 Å². The molecule has 0 aliphatic heterocycles. The lowest BCUT2D eigenvalue weighted by Gasteiger charge is -2.10. The van der Waals surface area contributed by atoms with Crippen LogP contribution in [0, 0.1) is 5.92 Å². The lowest BCUT2D eigenvalue weighted by Crippen LogP contribution is -2.39. The first-order valence-electron chi connectivity index (χ1n) is 7.22. The van der Waals surface area contributed by atoms with Gasteiger partial charge in [-0.25, -0.2) is 4.79 Å². The summed E-state index contributed by atoms with van der Waals surface area (Å²) < 4.78 is 7.29. The van der Waals surface area contributed by atoms with Crippen LogP contribution in [0.15, 0.2) is 15.0 Å². The zero-order chi connectivity index (χ0) is 16.4.